The second-order valence-electron chi connectivity index (χ2n) is 5.94. The Bertz CT molecular complexity index is 730. The molecule has 0 spiro atoms. The van der Waals surface area contributed by atoms with Crippen LogP contribution < -0.4 is 10.6 Å². The first-order valence-corrected chi connectivity index (χ1v) is 8.90. The van der Waals surface area contributed by atoms with E-state index in [1.165, 1.54) is 4.90 Å². The maximum atomic E-state index is 12.6. The Balaban J connectivity index is 1.97. The highest BCUT2D eigenvalue weighted by atomic mass is 35.5. The molecule has 2 N–H and O–H groups in total. The van der Waals surface area contributed by atoms with Crippen molar-refractivity contribution in [1.82, 2.24) is 10.1 Å². The SMILES string of the molecule is CCCCCN(CC(=O)Nc1cc(C)on1)C(=O)Nc1ccc(Cl)cc1. The van der Waals surface area contributed by atoms with Crippen molar-refractivity contribution in [2.24, 2.45) is 0 Å². The number of urea groups is 1. The minimum absolute atomic E-state index is 0.0744. The summed E-state index contributed by atoms with van der Waals surface area (Å²) in [4.78, 5) is 26.3. The first-order valence-electron chi connectivity index (χ1n) is 8.52. The Morgan fingerprint density at radius 1 is 1.19 bits per heavy atom. The van der Waals surface area contributed by atoms with E-state index in [1.807, 2.05) is 0 Å². The summed E-state index contributed by atoms with van der Waals surface area (Å²) >= 11 is 5.85. The molecule has 1 aromatic heterocycles. The normalized spacial score (nSPS) is 10.4. The van der Waals surface area contributed by atoms with Crippen LogP contribution >= 0.6 is 11.6 Å². The molecule has 0 aliphatic heterocycles. The number of nitrogens with zero attached hydrogens (tertiary/aromatic N) is 2. The zero-order chi connectivity index (χ0) is 18.9. The summed E-state index contributed by atoms with van der Waals surface area (Å²) in [6.45, 7) is 4.23. The molecule has 3 amide bonds. The van der Waals surface area contributed by atoms with Crippen LogP contribution in [0.4, 0.5) is 16.3 Å². The monoisotopic (exact) mass is 378 g/mol. The van der Waals surface area contributed by atoms with Crippen LogP contribution in [0.3, 0.4) is 0 Å². The molecule has 7 nitrogen and oxygen atoms in total. The number of carbonyl (C=O) groups is 2. The molecule has 0 aliphatic carbocycles. The third-order valence-electron chi connectivity index (χ3n) is 3.64. The average molecular weight is 379 g/mol. The Morgan fingerprint density at radius 2 is 1.92 bits per heavy atom. The van der Waals surface area contributed by atoms with Crippen molar-refractivity contribution in [3.05, 3.63) is 41.1 Å². The summed E-state index contributed by atoms with van der Waals surface area (Å²) in [7, 11) is 0. The first kappa shape index (κ1) is 19.8. The highest BCUT2D eigenvalue weighted by Crippen LogP contribution is 2.14. The van der Waals surface area contributed by atoms with E-state index >= 15 is 0 Å². The molecule has 0 atom stereocenters. The lowest BCUT2D eigenvalue weighted by atomic mass is 10.2. The highest BCUT2D eigenvalue weighted by molar-refractivity contribution is 6.30. The van der Waals surface area contributed by atoms with Gasteiger partial charge < -0.3 is 20.1 Å². The van der Waals surface area contributed by atoms with Crippen LogP contribution in [0.15, 0.2) is 34.9 Å². The first-order chi connectivity index (χ1) is 12.5. The van der Waals surface area contributed by atoms with Crippen molar-refractivity contribution >= 4 is 35.0 Å². The number of nitrogens with one attached hydrogen (secondary N) is 2. The Kier molecular flexibility index (Phi) is 7.47. The number of unbranched alkanes of at least 4 members (excludes halogenated alkanes) is 2. The predicted octanol–water partition coefficient (Wildman–Crippen LogP) is 4.30. The number of amides is 3. The Morgan fingerprint density at radius 3 is 2.54 bits per heavy atom. The van der Waals surface area contributed by atoms with Crippen LogP contribution in [0.1, 0.15) is 31.9 Å². The van der Waals surface area contributed by atoms with E-state index in [0.29, 0.717) is 28.8 Å². The quantitative estimate of drug-likeness (QED) is 0.670. The van der Waals surface area contributed by atoms with Gasteiger partial charge in [-0.25, -0.2) is 4.79 Å². The maximum Gasteiger partial charge on any atom is 0.322 e. The third kappa shape index (κ3) is 6.40. The Hall–Kier alpha value is -2.54. The summed E-state index contributed by atoms with van der Waals surface area (Å²) in [5.41, 5.74) is 0.618. The molecule has 0 fully saturated rings. The van der Waals surface area contributed by atoms with Crippen LogP contribution in [0.25, 0.3) is 0 Å². The molecule has 0 bridgehead atoms. The van der Waals surface area contributed by atoms with Crippen molar-refractivity contribution < 1.29 is 14.1 Å². The van der Waals surface area contributed by atoms with E-state index in [1.54, 1.807) is 37.3 Å². The number of rotatable bonds is 8. The van der Waals surface area contributed by atoms with E-state index in [9.17, 15) is 9.59 Å². The van der Waals surface area contributed by atoms with Gasteiger partial charge in [-0.15, -0.1) is 0 Å². The number of anilines is 2. The van der Waals surface area contributed by atoms with Crippen molar-refractivity contribution in [2.75, 3.05) is 23.7 Å². The van der Waals surface area contributed by atoms with Crippen LogP contribution in [0.5, 0.6) is 0 Å². The van der Waals surface area contributed by atoms with Crippen LogP contribution in [-0.2, 0) is 4.79 Å². The number of aryl methyl sites for hydroxylation is 1. The lowest BCUT2D eigenvalue weighted by Gasteiger charge is -2.22. The van der Waals surface area contributed by atoms with Gasteiger partial charge in [-0.3, -0.25) is 4.79 Å². The van der Waals surface area contributed by atoms with E-state index in [0.717, 1.165) is 19.3 Å². The highest BCUT2D eigenvalue weighted by Gasteiger charge is 2.18. The molecule has 1 heterocycles. The van der Waals surface area contributed by atoms with Gasteiger partial charge in [0.25, 0.3) is 0 Å². The number of benzene rings is 1. The van der Waals surface area contributed by atoms with Gasteiger partial charge in [0.1, 0.15) is 12.3 Å². The standard InChI is InChI=1S/C18H23ClN4O3/c1-3-4-5-10-23(12-17(24)21-16-11-13(2)26-22-16)18(25)20-15-8-6-14(19)7-9-15/h6-9,11H,3-5,10,12H2,1-2H3,(H,20,25)(H,21,22,24). The molecular formula is C18H23ClN4O3. The van der Waals surface area contributed by atoms with Gasteiger partial charge in [0.2, 0.25) is 5.91 Å². The minimum Gasteiger partial charge on any atom is -0.360 e. The number of hydrogen-bond acceptors (Lipinski definition) is 4. The van der Waals surface area contributed by atoms with Gasteiger partial charge >= 0.3 is 6.03 Å². The number of carbonyl (C=O) groups excluding carboxylic acids is 2. The fourth-order valence-electron chi connectivity index (χ4n) is 2.32. The van der Waals surface area contributed by atoms with Crippen LogP contribution in [0.2, 0.25) is 5.02 Å². The van der Waals surface area contributed by atoms with E-state index in [-0.39, 0.29) is 18.5 Å². The number of aromatic nitrogens is 1. The number of halogens is 1. The predicted molar refractivity (Wildman–Crippen MR) is 101 cm³/mol. The molecule has 0 radical (unpaired) electrons. The van der Waals surface area contributed by atoms with Gasteiger partial charge in [-0.1, -0.05) is 36.5 Å². The van der Waals surface area contributed by atoms with Crippen molar-refractivity contribution in [2.45, 2.75) is 33.1 Å². The largest absolute Gasteiger partial charge is 0.360 e. The van der Waals surface area contributed by atoms with Crippen molar-refractivity contribution in [3.63, 3.8) is 0 Å². The van der Waals surface area contributed by atoms with Crippen molar-refractivity contribution in [3.8, 4) is 0 Å². The van der Waals surface area contributed by atoms with Gasteiger partial charge in [0, 0.05) is 23.3 Å². The van der Waals surface area contributed by atoms with Crippen molar-refractivity contribution in [1.29, 1.82) is 0 Å². The summed E-state index contributed by atoms with van der Waals surface area (Å²) < 4.78 is 4.92. The van der Waals surface area contributed by atoms with Gasteiger partial charge in [0.15, 0.2) is 5.82 Å². The zero-order valence-corrected chi connectivity index (χ0v) is 15.7. The second-order valence-corrected chi connectivity index (χ2v) is 6.37. The van der Waals surface area contributed by atoms with E-state index < -0.39 is 0 Å². The molecule has 0 saturated carbocycles. The molecule has 2 aromatic rings. The van der Waals surface area contributed by atoms with Gasteiger partial charge in [0.05, 0.1) is 0 Å². The second kappa shape index (κ2) is 9.82. The molecule has 0 aliphatic rings. The fraction of sp³-hybridized carbons (Fsp3) is 0.389. The minimum atomic E-state index is -0.338. The summed E-state index contributed by atoms with van der Waals surface area (Å²) in [5.74, 6) is 0.598. The molecule has 2 rings (SSSR count). The van der Waals surface area contributed by atoms with E-state index in [4.69, 9.17) is 16.1 Å². The average Bonchev–Trinajstić information content (AvgIpc) is 3.01. The Labute approximate surface area is 157 Å². The topological polar surface area (TPSA) is 87.5 Å². The molecule has 26 heavy (non-hydrogen) atoms. The maximum absolute atomic E-state index is 12.6. The summed E-state index contributed by atoms with van der Waals surface area (Å²) in [5, 5.41) is 9.72. The fourth-order valence-corrected chi connectivity index (χ4v) is 2.45. The lowest BCUT2D eigenvalue weighted by Crippen LogP contribution is -2.41. The molecule has 8 heteroatoms. The van der Waals surface area contributed by atoms with Gasteiger partial charge in [-0.05, 0) is 37.6 Å². The summed E-state index contributed by atoms with van der Waals surface area (Å²) in [6, 6.07) is 8.09. The number of hydrogen-bond donors (Lipinski definition) is 2. The van der Waals surface area contributed by atoms with Crippen LogP contribution in [-0.4, -0.2) is 35.1 Å². The lowest BCUT2D eigenvalue weighted by molar-refractivity contribution is -0.116. The van der Waals surface area contributed by atoms with E-state index in [2.05, 4.69) is 22.7 Å². The zero-order valence-electron chi connectivity index (χ0n) is 14.9. The third-order valence-corrected chi connectivity index (χ3v) is 3.90. The molecule has 1 aromatic carbocycles. The molecule has 0 saturated heterocycles. The molecular weight excluding hydrogens is 356 g/mol. The van der Waals surface area contributed by atoms with Crippen LogP contribution in [0, 0.1) is 6.92 Å². The van der Waals surface area contributed by atoms with Gasteiger partial charge in [-0.2, -0.15) is 0 Å². The molecule has 0 unspecified atom stereocenters. The molecule has 140 valence electrons. The smallest absolute Gasteiger partial charge is 0.322 e. The summed E-state index contributed by atoms with van der Waals surface area (Å²) in [6.07, 6.45) is 2.83.